The van der Waals surface area contributed by atoms with Gasteiger partial charge < -0.3 is 5.32 Å². The minimum absolute atomic E-state index is 0.258. The van der Waals surface area contributed by atoms with Gasteiger partial charge in [-0.3, -0.25) is 4.90 Å². The molecule has 0 aliphatic carbocycles. The van der Waals surface area contributed by atoms with Gasteiger partial charge in [-0.2, -0.15) is 4.39 Å². The van der Waals surface area contributed by atoms with E-state index in [1.165, 1.54) is 31.7 Å². The van der Waals surface area contributed by atoms with E-state index in [-0.39, 0.29) is 5.82 Å². The summed E-state index contributed by atoms with van der Waals surface area (Å²) in [6, 6.07) is 0.482. The highest BCUT2D eigenvalue weighted by molar-refractivity contribution is 5.32. The molecule has 0 amide bonds. The number of rotatable bonds is 4. The van der Waals surface area contributed by atoms with Gasteiger partial charge in [-0.05, 0) is 25.9 Å². The lowest BCUT2D eigenvalue weighted by atomic mass is 10.0. The van der Waals surface area contributed by atoms with E-state index in [0.29, 0.717) is 6.04 Å². The van der Waals surface area contributed by atoms with Crippen molar-refractivity contribution in [3.05, 3.63) is 18.3 Å². The molecule has 4 nitrogen and oxygen atoms in total. The van der Waals surface area contributed by atoms with Crippen molar-refractivity contribution < 1.29 is 4.39 Å². The van der Waals surface area contributed by atoms with E-state index in [2.05, 4.69) is 27.1 Å². The van der Waals surface area contributed by atoms with E-state index < -0.39 is 5.95 Å². The summed E-state index contributed by atoms with van der Waals surface area (Å²) in [5.74, 6) is -0.263. The van der Waals surface area contributed by atoms with Crippen LogP contribution in [0.4, 0.5) is 10.2 Å². The summed E-state index contributed by atoms with van der Waals surface area (Å²) >= 11 is 0. The first-order valence-corrected chi connectivity index (χ1v) is 6.25. The second kappa shape index (κ2) is 5.91. The zero-order valence-corrected chi connectivity index (χ0v) is 10.2. The maximum Gasteiger partial charge on any atom is 0.255 e. The standard InChI is InChI=1S/C12H19FN4/c1-2-17-8-4-3-5-10(17)9-16-12-11(13)14-6-7-15-12/h6-7,10H,2-5,8-9H2,1H3,(H,15,16). The van der Waals surface area contributed by atoms with E-state index in [1.54, 1.807) is 0 Å². The molecule has 1 atom stereocenters. The Labute approximate surface area is 101 Å². The monoisotopic (exact) mass is 238 g/mol. The first-order valence-electron chi connectivity index (χ1n) is 6.25. The fourth-order valence-electron chi connectivity index (χ4n) is 2.36. The van der Waals surface area contributed by atoms with Gasteiger partial charge in [0.15, 0.2) is 5.82 Å². The van der Waals surface area contributed by atoms with Crippen LogP contribution in [0.3, 0.4) is 0 Å². The summed E-state index contributed by atoms with van der Waals surface area (Å²) in [5.41, 5.74) is 0. The Hall–Kier alpha value is -1.23. The van der Waals surface area contributed by atoms with Crippen molar-refractivity contribution in [2.24, 2.45) is 0 Å². The summed E-state index contributed by atoms with van der Waals surface area (Å²) in [4.78, 5) is 9.96. The number of anilines is 1. The molecule has 1 N–H and O–H groups in total. The van der Waals surface area contributed by atoms with Gasteiger partial charge in [0, 0.05) is 25.0 Å². The number of likely N-dealkylation sites (tertiary alicyclic amines) is 1. The molecule has 1 unspecified atom stereocenters. The highest BCUT2D eigenvalue weighted by atomic mass is 19.1. The maximum atomic E-state index is 13.3. The molecule has 2 heterocycles. The van der Waals surface area contributed by atoms with Crippen LogP contribution in [0.5, 0.6) is 0 Å². The summed E-state index contributed by atoms with van der Waals surface area (Å²) in [7, 11) is 0. The second-order valence-corrected chi connectivity index (χ2v) is 4.35. The molecule has 2 rings (SSSR count). The number of hydrogen-bond donors (Lipinski definition) is 1. The number of nitrogens with zero attached hydrogens (tertiary/aromatic N) is 3. The molecule has 1 aromatic heterocycles. The summed E-state index contributed by atoms with van der Waals surface area (Å²) in [6.45, 7) is 5.10. The SMILES string of the molecule is CCN1CCCCC1CNc1nccnc1F. The first-order chi connectivity index (χ1) is 8.31. The molecule has 0 bridgehead atoms. The maximum absolute atomic E-state index is 13.3. The van der Waals surface area contributed by atoms with Gasteiger partial charge in [0.05, 0.1) is 0 Å². The van der Waals surface area contributed by atoms with Gasteiger partial charge in [0.1, 0.15) is 0 Å². The quantitative estimate of drug-likeness (QED) is 0.870. The van der Waals surface area contributed by atoms with Crippen LogP contribution in [0.15, 0.2) is 12.4 Å². The third-order valence-electron chi connectivity index (χ3n) is 3.31. The summed E-state index contributed by atoms with van der Waals surface area (Å²) in [5, 5.41) is 3.06. The predicted octanol–water partition coefficient (Wildman–Crippen LogP) is 1.90. The van der Waals surface area contributed by atoms with E-state index in [1.807, 2.05) is 0 Å². The van der Waals surface area contributed by atoms with Gasteiger partial charge in [0.25, 0.3) is 5.95 Å². The van der Waals surface area contributed by atoms with Crippen LogP contribution in [-0.2, 0) is 0 Å². The second-order valence-electron chi connectivity index (χ2n) is 4.35. The Morgan fingerprint density at radius 2 is 2.24 bits per heavy atom. The first kappa shape index (κ1) is 12.2. The number of piperidine rings is 1. The van der Waals surface area contributed by atoms with Crippen LogP contribution in [0.1, 0.15) is 26.2 Å². The number of nitrogens with one attached hydrogen (secondary N) is 1. The van der Waals surface area contributed by atoms with Gasteiger partial charge in [-0.25, -0.2) is 9.97 Å². The van der Waals surface area contributed by atoms with Crippen LogP contribution in [-0.4, -0.2) is 40.5 Å². The lowest BCUT2D eigenvalue weighted by Crippen LogP contribution is -2.43. The third kappa shape index (κ3) is 3.12. The van der Waals surface area contributed by atoms with Crippen LogP contribution in [0, 0.1) is 5.95 Å². The molecule has 0 radical (unpaired) electrons. The average molecular weight is 238 g/mol. The molecule has 1 saturated heterocycles. The minimum atomic E-state index is -0.522. The van der Waals surface area contributed by atoms with Crippen LogP contribution in [0.25, 0.3) is 0 Å². The molecule has 0 aromatic carbocycles. The highest BCUT2D eigenvalue weighted by Crippen LogP contribution is 2.17. The fraction of sp³-hybridized carbons (Fsp3) is 0.667. The Kier molecular flexibility index (Phi) is 4.25. The molecule has 0 saturated carbocycles. The van der Waals surface area contributed by atoms with Crippen molar-refractivity contribution in [1.29, 1.82) is 0 Å². The van der Waals surface area contributed by atoms with Crippen molar-refractivity contribution in [2.75, 3.05) is 25.0 Å². The topological polar surface area (TPSA) is 41.0 Å². The molecule has 94 valence electrons. The third-order valence-corrected chi connectivity index (χ3v) is 3.31. The van der Waals surface area contributed by atoms with Crippen molar-refractivity contribution in [3.8, 4) is 0 Å². The molecular formula is C12H19FN4. The Morgan fingerprint density at radius 3 is 3.00 bits per heavy atom. The molecule has 5 heteroatoms. The van der Waals surface area contributed by atoms with Gasteiger partial charge in [-0.15, -0.1) is 0 Å². The number of hydrogen-bond acceptors (Lipinski definition) is 4. The van der Waals surface area contributed by atoms with Crippen molar-refractivity contribution >= 4 is 5.82 Å². The van der Waals surface area contributed by atoms with E-state index in [4.69, 9.17) is 0 Å². The van der Waals surface area contributed by atoms with E-state index in [0.717, 1.165) is 19.6 Å². The summed E-state index contributed by atoms with van der Waals surface area (Å²) < 4.78 is 13.3. The molecule has 1 aromatic rings. The van der Waals surface area contributed by atoms with Crippen LogP contribution < -0.4 is 5.32 Å². The number of likely N-dealkylation sites (N-methyl/N-ethyl adjacent to an activating group) is 1. The molecule has 17 heavy (non-hydrogen) atoms. The Morgan fingerprint density at radius 1 is 1.41 bits per heavy atom. The predicted molar refractivity (Wildman–Crippen MR) is 65.4 cm³/mol. The average Bonchev–Trinajstić information content (AvgIpc) is 2.38. The fourth-order valence-corrected chi connectivity index (χ4v) is 2.36. The number of halogens is 1. The minimum Gasteiger partial charge on any atom is -0.365 e. The Bertz CT molecular complexity index is 358. The lowest BCUT2D eigenvalue weighted by Gasteiger charge is -2.34. The lowest BCUT2D eigenvalue weighted by molar-refractivity contribution is 0.164. The van der Waals surface area contributed by atoms with Crippen molar-refractivity contribution in [3.63, 3.8) is 0 Å². The van der Waals surface area contributed by atoms with Crippen LogP contribution >= 0.6 is 0 Å². The normalized spacial score (nSPS) is 21.4. The summed E-state index contributed by atoms with van der Waals surface area (Å²) in [6.07, 6.45) is 6.56. The van der Waals surface area contributed by atoms with E-state index >= 15 is 0 Å². The van der Waals surface area contributed by atoms with Crippen LogP contribution in [0.2, 0.25) is 0 Å². The molecule has 1 aliphatic heterocycles. The van der Waals surface area contributed by atoms with Gasteiger partial charge >= 0.3 is 0 Å². The zero-order valence-electron chi connectivity index (χ0n) is 10.2. The van der Waals surface area contributed by atoms with E-state index in [9.17, 15) is 4.39 Å². The van der Waals surface area contributed by atoms with Gasteiger partial charge in [0.2, 0.25) is 0 Å². The number of aromatic nitrogens is 2. The zero-order chi connectivity index (χ0) is 12.1. The van der Waals surface area contributed by atoms with Gasteiger partial charge in [-0.1, -0.05) is 13.3 Å². The largest absolute Gasteiger partial charge is 0.365 e. The molecule has 1 fully saturated rings. The van der Waals surface area contributed by atoms with Crippen molar-refractivity contribution in [1.82, 2.24) is 14.9 Å². The highest BCUT2D eigenvalue weighted by Gasteiger charge is 2.20. The molecular weight excluding hydrogens is 219 g/mol. The smallest absolute Gasteiger partial charge is 0.255 e. The molecule has 1 aliphatic rings. The Balaban J connectivity index is 1.90. The molecule has 0 spiro atoms. The van der Waals surface area contributed by atoms with Crippen molar-refractivity contribution in [2.45, 2.75) is 32.2 Å².